The van der Waals surface area contributed by atoms with Crippen LogP contribution in [0.15, 0.2) is 48.5 Å². The summed E-state index contributed by atoms with van der Waals surface area (Å²) in [6.07, 6.45) is 0.964. The van der Waals surface area contributed by atoms with Gasteiger partial charge in [-0.3, -0.25) is 9.59 Å². The van der Waals surface area contributed by atoms with Crippen molar-refractivity contribution in [2.75, 3.05) is 62.0 Å². The molecule has 30 heavy (non-hydrogen) atoms. The van der Waals surface area contributed by atoms with Crippen LogP contribution in [0.1, 0.15) is 12.5 Å². The molecule has 0 aromatic heterocycles. The summed E-state index contributed by atoms with van der Waals surface area (Å²) in [5.41, 5.74) is 3.88. The molecule has 1 fully saturated rings. The smallest absolute Gasteiger partial charge is 0.279 e. The number of carbonyl (C=O) groups excluding carboxylic acids is 2. The molecular formula is C23H31N4O3+. The minimum absolute atomic E-state index is 0.112. The Morgan fingerprint density at radius 1 is 0.900 bits per heavy atom. The van der Waals surface area contributed by atoms with Crippen LogP contribution in [0.4, 0.5) is 17.1 Å². The Morgan fingerprint density at radius 3 is 1.90 bits per heavy atom. The predicted octanol–water partition coefficient (Wildman–Crippen LogP) is 1.18. The summed E-state index contributed by atoms with van der Waals surface area (Å²) in [4.78, 5) is 27.6. The van der Waals surface area contributed by atoms with Crippen molar-refractivity contribution in [1.82, 2.24) is 0 Å². The molecule has 1 unspecified atom stereocenters. The molecule has 1 saturated heterocycles. The molecule has 1 aliphatic heterocycles. The summed E-state index contributed by atoms with van der Waals surface area (Å²) >= 11 is 0. The molecule has 1 aliphatic rings. The first kappa shape index (κ1) is 21.8. The number of quaternary nitrogens is 1. The van der Waals surface area contributed by atoms with Gasteiger partial charge in [-0.2, -0.15) is 0 Å². The van der Waals surface area contributed by atoms with E-state index in [1.807, 2.05) is 55.6 Å². The normalized spacial score (nSPS) is 14.8. The fourth-order valence-electron chi connectivity index (χ4n) is 3.42. The second-order valence-electron chi connectivity index (χ2n) is 7.60. The van der Waals surface area contributed by atoms with Crippen molar-refractivity contribution in [1.29, 1.82) is 0 Å². The van der Waals surface area contributed by atoms with Crippen LogP contribution in [0.2, 0.25) is 0 Å². The number of benzene rings is 2. The Morgan fingerprint density at radius 2 is 1.40 bits per heavy atom. The molecule has 7 heteroatoms. The van der Waals surface area contributed by atoms with E-state index in [1.165, 1.54) is 5.56 Å². The number of nitrogens with zero attached hydrogens (tertiary/aromatic N) is 1. The number of hydrogen-bond donors (Lipinski definition) is 3. The molecule has 2 aromatic carbocycles. The Kier molecular flexibility index (Phi) is 7.82. The molecule has 0 spiro atoms. The second-order valence-corrected chi connectivity index (χ2v) is 7.60. The number of hydrogen-bond acceptors (Lipinski definition) is 4. The van der Waals surface area contributed by atoms with Crippen molar-refractivity contribution >= 4 is 28.9 Å². The molecule has 160 valence electrons. The highest BCUT2D eigenvalue weighted by molar-refractivity contribution is 5.93. The van der Waals surface area contributed by atoms with Gasteiger partial charge in [0.1, 0.15) is 0 Å². The molecule has 3 N–H and O–H groups in total. The van der Waals surface area contributed by atoms with Gasteiger partial charge in [0, 0.05) is 30.2 Å². The number of ether oxygens (including phenoxy) is 1. The summed E-state index contributed by atoms with van der Waals surface area (Å²) < 4.78 is 5.37. The SMILES string of the molecule is CCc1ccc(NC(=O)C[NH+](C)CC(=O)Nc2ccc(N3CCOCC3)cc2)cc1. The average Bonchev–Trinajstić information content (AvgIpc) is 2.75. The van der Waals surface area contributed by atoms with E-state index in [0.717, 1.165) is 54.7 Å². The van der Waals surface area contributed by atoms with Gasteiger partial charge in [0.25, 0.3) is 11.8 Å². The van der Waals surface area contributed by atoms with Crippen LogP contribution < -0.4 is 20.4 Å². The average molecular weight is 412 g/mol. The Bertz CT molecular complexity index is 831. The lowest BCUT2D eigenvalue weighted by atomic mass is 10.1. The fraction of sp³-hybridized carbons (Fsp3) is 0.391. The first-order chi connectivity index (χ1) is 14.5. The van der Waals surface area contributed by atoms with Crippen molar-refractivity contribution in [2.45, 2.75) is 13.3 Å². The van der Waals surface area contributed by atoms with E-state index in [9.17, 15) is 9.59 Å². The van der Waals surface area contributed by atoms with E-state index >= 15 is 0 Å². The molecule has 7 nitrogen and oxygen atoms in total. The zero-order valence-corrected chi connectivity index (χ0v) is 17.7. The molecule has 1 atom stereocenters. The number of morpholine rings is 1. The number of nitrogens with one attached hydrogen (secondary N) is 3. The molecule has 0 aliphatic carbocycles. The van der Waals surface area contributed by atoms with Gasteiger partial charge in [-0.25, -0.2) is 0 Å². The first-order valence-electron chi connectivity index (χ1n) is 10.5. The van der Waals surface area contributed by atoms with Gasteiger partial charge in [-0.1, -0.05) is 19.1 Å². The Labute approximate surface area is 178 Å². The van der Waals surface area contributed by atoms with Crippen LogP contribution in [0.5, 0.6) is 0 Å². The van der Waals surface area contributed by atoms with E-state index in [0.29, 0.717) is 0 Å². The molecule has 0 radical (unpaired) electrons. The van der Waals surface area contributed by atoms with Crippen molar-refractivity contribution in [3.63, 3.8) is 0 Å². The van der Waals surface area contributed by atoms with Gasteiger partial charge in [0.05, 0.1) is 20.3 Å². The second kappa shape index (κ2) is 10.8. The highest BCUT2D eigenvalue weighted by Crippen LogP contribution is 2.18. The van der Waals surface area contributed by atoms with Gasteiger partial charge < -0.3 is 25.2 Å². The molecule has 2 aromatic rings. The van der Waals surface area contributed by atoms with Crippen LogP contribution in [0, 0.1) is 0 Å². The third-order valence-corrected chi connectivity index (χ3v) is 5.10. The number of likely N-dealkylation sites (N-methyl/N-ethyl adjacent to an activating group) is 1. The number of anilines is 3. The summed E-state index contributed by atoms with van der Waals surface area (Å²) in [6, 6.07) is 15.6. The monoisotopic (exact) mass is 411 g/mol. The van der Waals surface area contributed by atoms with E-state index in [-0.39, 0.29) is 24.9 Å². The highest BCUT2D eigenvalue weighted by atomic mass is 16.5. The third-order valence-electron chi connectivity index (χ3n) is 5.10. The van der Waals surface area contributed by atoms with Crippen LogP contribution >= 0.6 is 0 Å². The zero-order valence-electron chi connectivity index (χ0n) is 17.7. The summed E-state index contributed by atoms with van der Waals surface area (Å²) in [5, 5.41) is 5.78. The lowest BCUT2D eigenvalue weighted by molar-refractivity contribution is -0.862. The molecular weight excluding hydrogens is 380 g/mol. The van der Waals surface area contributed by atoms with Gasteiger partial charge in [-0.05, 0) is 48.4 Å². The molecule has 3 rings (SSSR count). The minimum Gasteiger partial charge on any atom is -0.378 e. The zero-order chi connectivity index (χ0) is 21.3. The standard InChI is InChI=1S/C23H30N4O3/c1-3-18-4-6-19(7-5-18)24-22(28)16-26(2)17-23(29)25-20-8-10-21(11-9-20)27-12-14-30-15-13-27/h4-11H,3,12-17H2,1-2H3,(H,24,28)(H,25,29)/p+1. The Balaban J connectivity index is 1.42. The topological polar surface area (TPSA) is 75.1 Å². The third kappa shape index (κ3) is 6.57. The predicted molar refractivity (Wildman–Crippen MR) is 119 cm³/mol. The summed E-state index contributed by atoms with van der Waals surface area (Å²) in [7, 11) is 1.83. The molecule has 0 bridgehead atoms. The lowest BCUT2D eigenvalue weighted by Crippen LogP contribution is -3.11. The van der Waals surface area contributed by atoms with Gasteiger partial charge in [-0.15, -0.1) is 0 Å². The number of aryl methyl sites for hydroxylation is 1. The van der Waals surface area contributed by atoms with E-state index in [2.05, 4.69) is 22.5 Å². The minimum atomic E-state index is -0.119. The van der Waals surface area contributed by atoms with Crippen LogP contribution in [0.3, 0.4) is 0 Å². The van der Waals surface area contributed by atoms with E-state index in [4.69, 9.17) is 4.74 Å². The molecule has 1 heterocycles. The van der Waals surface area contributed by atoms with Crippen molar-refractivity contribution in [3.8, 4) is 0 Å². The van der Waals surface area contributed by atoms with Crippen LogP contribution in [-0.4, -0.2) is 58.3 Å². The number of rotatable bonds is 8. The van der Waals surface area contributed by atoms with Crippen LogP contribution in [0.25, 0.3) is 0 Å². The highest BCUT2D eigenvalue weighted by Gasteiger charge is 2.15. The molecule has 2 amide bonds. The maximum Gasteiger partial charge on any atom is 0.279 e. The lowest BCUT2D eigenvalue weighted by Gasteiger charge is -2.28. The van der Waals surface area contributed by atoms with Crippen LogP contribution in [-0.2, 0) is 20.7 Å². The Hall–Kier alpha value is -2.90. The van der Waals surface area contributed by atoms with Crippen molar-refractivity contribution < 1.29 is 19.2 Å². The summed E-state index contributed by atoms with van der Waals surface area (Å²) in [5.74, 6) is -0.230. The summed E-state index contributed by atoms with van der Waals surface area (Å²) in [6.45, 7) is 5.77. The first-order valence-corrected chi connectivity index (χ1v) is 10.5. The van der Waals surface area contributed by atoms with Gasteiger partial charge in [0.15, 0.2) is 13.1 Å². The fourth-order valence-corrected chi connectivity index (χ4v) is 3.42. The maximum absolute atomic E-state index is 12.3. The quantitative estimate of drug-likeness (QED) is 0.610. The van der Waals surface area contributed by atoms with E-state index in [1.54, 1.807) is 0 Å². The van der Waals surface area contributed by atoms with Crippen molar-refractivity contribution in [3.05, 3.63) is 54.1 Å². The number of carbonyl (C=O) groups is 2. The van der Waals surface area contributed by atoms with E-state index < -0.39 is 0 Å². The largest absolute Gasteiger partial charge is 0.378 e. The van der Waals surface area contributed by atoms with Crippen molar-refractivity contribution in [2.24, 2.45) is 0 Å². The molecule has 0 saturated carbocycles. The number of amides is 2. The van der Waals surface area contributed by atoms with Gasteiger partial charge >= 0.3 is 0 Å². The van der Waals surface area contributed by atoms with Gasteiger partial charge in [0.2, 0.25) is 0 Å². The maximum atomic E-state index is 12.3.